The van der Waals surface area contributed by atoms with Crippen LogP contribution in [0.15, 0.2) is 29.3 Å². The second-order valence-electron chi connectivity index (χ2n) is 8.56. The Morgan fingerprint density at radius 2 is 1.42 bits per heavy atom. The first kappa shape index (κ1) is 31.6. The SMILES string of the molecule is CC(N)C(=O)NC(Cc1ccc(O)cc1)C(=O)NC(CCCN=C(N)N)C(=O)NC(CCC(=O)O)C(=O)O. The number of rotatable bonds is 16. The molecule has 0 aliphatic heterocycles. The summed E-state index contributed by atoms with van der Waals surface area (Å²) in [6.45, 7) is 1.54. The van der Waals surface area contributed by atoms with Gasteiger partial charge in [-0.1, -0.05) is 12.1 Å². The van der Waals surface area contributed by atoms with Crippen LogP contribution in [-0.2, 0) is 30.4 Å². The van der Waals surface area contributed by atoms with E-state index in [9.17, 15) is 34.2 Å². The Labute approximate surface area is 218 Å². The molecule has 0 fully saturated rings. The summed E-state index contributed by atoms with van der Waals surface area (Å²) in [6, 6.07) is 1.02. The van der Waals surface area contributed by atoms with Crippen molar-refractivity contribution in [2.45, 2.75) is 63.2 Å². The number of carbonyl (C=O) groups excluding carboxylic acids is 3. The number of carboxylic acid groups (broad SMARTS) is 2. The Morgan fingerprint density at radius 1 is 0.868 bits per heavy atom. The van der Waals surface area contributed by atoms with Gasteiger partial charge in [0.15, 0.2) is 5.96 Å². The van der Waals surface area contributed by atoms with Crippen molar-refractivity contribution in [3.63, 3.8) is 0 Å². The van der Waals surface area contributed by atoms with Gasteiger partial charge in [-0.3, -0.25) is 24.2 Å². The second kappa shape index (κ2) is 15.7. The fourth-order valence-electron chi connectivity index (χ4n) is 3.22. The summed E-state index contributed by atoms with van der Waals surface area (Å²) in [5, 5.41) is 35.0. The van der Waals surface area contributed by atoms with Gasteiger partial charge in [0.25, 0.3) is 0 Å². The highest BCUT2D eigenvalue weighted by Crippen LogP contribution is 2.12. The van der Waals surface area contributed by atoms with Crippen molar-refractivity contribution in [1.82, 2.24) is 16.0 Å². The third-order valence-electron chi connectivity index (χ3n) is 5.26. The topological polar surface area (TPSA) is 273 Å². The molecule has 0 aromatic heterocycles. The molecule has 0 saturated carbocycles. The summed E-state index contributed by atoms with van der Waals surface area (Å²) >= 11 is 0. The molecule has 15 heteroatoms. The zero-order chi connectivity index (χ0) is 28.8. The number of carbonyl (C=O) groups is 5. The lowest BCUT2D eigenvalue weighted by atomic mass is 10.0. The van der Waals surface area contributed by atoms with E-state index in [0.29, 0.717) is 5.56 Å². The summed E-state index contributed by atoms with van der Waals surface area (Å²) in [5.41, 5.74) is 16.8. The fraction of sp³-hybridized carbons (Fsp3) is 0.478. The van der Waals surface area contributed by atoms with Gasteiger partial charge in [0, 0.05) is 19.4 Å². The molecule has 0 bridgehead atoms. The van der Waals surface area contributed by atoms with Crippen LogP contribution in [0.4, 0.5) is 0 Å². The zero-order valence-corrected chi connectivity index (χ0v) is 20.9. The third kappa shape index (κ3) is 12.0. The van der Waals surface area contributed by atoms with E-state index < -0.39 is 60.2 Å². The van der Waals surface area contributed by atoms with Crippen LogP contribution in [0.5, 0.6) is 5.75 Å². The maximum Gasteiger partial charge on any atom is 0.326 e. The van der Waals surface area contributed by atoms with E-state index >= 15 is 0 Å². The van der Waals surface area contributed by atoms with Gasteiger partial charge in [-0.25, -0.2) is 4.79 Å². The molecule has 0 aliphatic carbocycles. The summed E-state index contributed by atoms with van der Waals surface area (Å²) in [5.74, 6) is -5.12. The molecule has 1 aromatic carbocycles. The standard InChI is InChI=1S/C23H35N7O8/c1-12(24)19(34)30-17(11-13-4-6-14(31)7-5-13)21(36)28-15(3-2-10-27-23(25)26)20(35)29-16(22(37)38)8-9-18(32)33/h4-7,12,15-17,31H,2-3,8-11,24H2,1H3,(H,28,36)(H,29,35)(H,30,34)(H,32,33)(H,37,38)(H4,25,26,27). The second-order valence-corrected chi connectivity index (χ2v) is 8.56. The van der Waals surface area contributed by atoms with E-state index in [4.69, 9.17) is 22.3 Å². The molecule has 1 rings (SSSR count). The van der Waals surface area contributed by atoms with E-state index in [-0.39, 0.29) is 43.9 Å². The Hall–Kier alpha value is -4.40. The zero-order valence-electron chi connectivity index (χ0n) is 20.9. The number of hydrogen-bond donors (Lipinski definition) is 9. The molecule has 0 radical (unpaired) electrons. The summed E-state index contributed by atoms with van der Waals surface area (Å²) in [6.07, 6.45) is -0.677. The fourth-order valence-corrected chi connectivity index (χ4v) is 3.22. The van der Waals surface area contributed by atoms with Crippen LogP contribution in [0.2, 0.25) is 0 Å². The third-order valence-corrected chi connectivity index (χ3v) is 5.26. The van der Waals surface area contributed by atoms with Crippen LogP contribution in [-0.4, -0.2) is 81.7 Å². The molecular weight excluding hydrogens is 502 g/mol. The number of benzene rings is 1. The molecule has 0 aliphatic rings. The van der Waals surface area contributed by atoms with E-state index in [1.54, 1.807) is 12.1 Å². The van der Waals surface area contributed by atoms with Crippen LogP contribution < -0.4 is 33.2 Å². The first-order valence-corrected chi connectivity index (χ1v) is 11.7. The highest BCUT2D eigenvalue weighted by molar-refractivity contribution is 5.94. The minimum atomic E-state index is -1.51. The first-order valence-electron chi connectivity index (χ1n) is 11.7. The van der Waals surface area contributed by atoms with Crippen molar-refractivity contribution in [3.8, 4) is 5.75 Å². The van der Waals surface area contributed by atoms with Gasteiger partial charge >= 0.3 is 11.9 Å². The van der Waals surface area contributed by atoms with Gasteiger partial charge in [-0.2, -0.15) is 0 Å². The molecule has 1 aromatic rings. The number of hydrogen-bond acceptors (Lipinski definition) is 8. The Bertz CT molecular complexity index is 1010. The monoisotopic (exact) mass is 537 g/mol. The molecule has 38 heavy (non-hydrogen) atoms. The van der Waals surface area contributed by atoms with Crippen LogP contribution in [0, 0.1) is 0 Å². The Kier molecular flexibility index (Phi) is 13.0. The average molecular weight is 538 g/mol. The summed E-state index contributed by atoms with van der Waals surface area (Å²) in [4.78, 5) is 64.6. The lowest BCUT2D eigenvalue weighted by molar-refractivity contribution is -0.143. The van der Waals surface area contributed by atoms with E-state index in [1.807, 2.05) is 0 Å². The predicted molar refractivity (Wildman–Crippen MR) is 136 cm³/mol. The van der Waals surface area contributed by atoms with Crippen molar-refractivity contribution in [2.24, 2.45) is 22.2 Å². The van der Waals surface area contributed by atoms with Gasteiger partial charge in [-0.15, -0.1) is 0 Å². The minimum absolute atomic E-state index is 0.00256. The van der Waals surface area contributed by atoms with Crippen molar-refractivity contribution >= 4 is 35.6 Å². The molecule has 4 atom stereocenters. The molecule has 12 N–H and O–H groups in total. The Balaban J connectivity index is 3.13. The molecule has 0 spiro atoms. The highest BCUT2D eigenvalue weighted by Gasteiger charge is 2.30. The molecule has 15 nitrogen and oxygen atoms in total. The quantitative estimate of drug-likeness (QED) is 0.0616. The number of nitrogens with two attached hydrogens (primary N) is 3. The van der Waals surface area contributed by atoms with Crippen molar-refractivity contribution < 1.29 is 39.3 Å². The van der Waals surface area contributed by atoms with Crippen molar-refractivity contribution in [3.05, 3.63) is 29.8 Å². The van der Waals surface area contributed by atoms with Crippen molar-refractivity contribution in [1.29, 1.82) is 0 Å². The first-order chi connectivity index (χ1) is 17.8. The number of guanidine groups is 1. The number of nitrogens with zero attached hydrogens (tertiary/aromatic N) is 1. The van der Waals surface area contributed by atoms with Gasteiger partial charge < -0.3 is 48.5 Å². The van der Waals surface area contributed by atoms with Crippen molar-refractivity contribution in [2.75, 3.05) is 6.54 Å². The molecule has 0 heterocycles. The molecule has 3 amide bonds. The number of aliphatic imine (C=N–C) groups is 1. The lowest BCUT2D eigenvalue weighted by Gasteiger charge is -2.25. The van der Waals surface area contributed by atoms with Gasteiger partial charge in [0.05, 0.1) is 6.04 Å². The largest absolute Gasteiger partial charge is 0.508 e. The Morgan fingerprint density at radius 3 is 1.95 bits per heavy atom. The molecule has 210 valence electrons. The van der Waals surface area contributed by atoms with Gasteiger partial charge in [-0.05, 0) is 43.9 Å². The summed E-state index contributed by atoms with van der Waals surface area (Å²) in [7, 11) is 0. The number of aromatic hydroxyl groups is 1. The molecule has 0 saturated heterocycles. The minimum Gasteiger partial charge on any atom is -0.508 e. The number of phenolic OH excluding ortho intramolecular Hbond substituents is 1. The number of aliphatic carboxylic acids is 2. The van der Waals surface area contributed by atoms with E-state index in [0.717, 1.165) is 0 Å². The van der Waals surface area contributed by atoms with E-state index in [1.165, 1.54) is 19.1 Å². The van der Waals surface area contributed by atoms with Gasteiger partial charge in [0.2, 0.25) is 17.7 Å². The molecule has 4 unspecified atom stereocenters. The van der Waals surface area contributed by atoms with Gasteiger partial charge in [0.1, 0.15) is 23.9 Å². The predicted octanol–water partition coefficient (Wildman–Crippen LogP) is -2.26. The molecular formula is C23H35N7O8. The number of amides is 3. The summed E-state index contributed by atoms with van der Waals surface area (Å²) < 4.78 is 0. The number of nitrogens with one attached hydrogen (secondary N) is 3. The van der Waals surface area contributed by atoms with E-state index in [2.05, 4.69) is 20.9 Å². The maximum atomic E-state index is 13.2. The smallest absolute Gasteiger partial charge is 0.326 e. The van der Waals surface area contributed by atoms with Crippen LogP contribution in [0.25, 0.3) is 0 Å². The maximum absolute atomic E-state index is 13.2. The normalized spacial score (nSPS) is 13.7. The number of carboxylic acids is 2. The van der Waals surface area contributed by atoms with Crippen LogP contribution in [0.1, 0.15) is 38.2 Å². The average Bonchev–Trinajstić information content (AvgIpc) is 2.83. The van der Waals surface area contributed by atoms with Crippen LogP contribution in [0.3, 0.4) is 0 Å². The lowest BCUT2D eigenvalue weighted by Crippen LogP contribution is -2.57. The number of phenols is 1. The highest BCUT2D eigenvalue weighted by atomic mass is 16.4. The van der Waals surface area contributed by atoms with Crippen LogP contribution >= 0.6 is 0 Å².